The molecule has 2 amide bonds. The van der Waals surface area contributed by atoms with E-state index in [0.717, 1.165) is 31.0 Å². The number of nitrogens with zero attached hydrogens (tertiary/aromatic N) is 3. The Morgan fingerprint density at radius 2 is 1.80 bits per heavy atom. The van der Waals surface area contributed by atoms with Gasteiger partial charge in [0.05, 0.1) is 32.4 Å². The molecule has 16 heteroatoms. The summed E-state index contributed by atoms with van der Waals surface area (Å²) in [5.74, 6) is -4.11. The van der Waals surface area contributed by atoms with E-state index in [-0.39, 0.29) is 23.3 Å². The molecule has 258 valence electrons. The average Bonchev–Trinajstić information content (AvgIpc) is 3.38. The molecular weight excluding hydrogens is 699 g/mol. The van der Waals surface area contributed by atoms with Crippen molar-refractivity contribution in [2.45, 2.75) is 38.8 Å². The van der Waals surface area contributed by atoms with Crippen molar-refractivity contribution < 1.29 is 42.6 Å². The summed E-state index contributed by atoms with van der Waals surface area (Å²) in [5, 5.41) is 24.3. The number of amides is 2. The molecule has 11 nitrogen and oxygen atoms in total. The van der Waals surface area contributed by atoms with E-state index in [1.54, 1.807) is 48.8 Å². The second-order valence-corrected chi connectivity index (χ2v) is 12.5. The number of aromatic nitrogens is 2. The quantitative estimate of drug-likeness (QED) is 0.141. The van der Waals surface area contributed by atoms with Gasteiger partial charge in [0.25, 0.3) is 5.91 Å². The van der Waals surface area contributed by atoms with Crippen molar-refractivity contribution in [3.05, 3.63) is 87.7 Å². The zero-order valence-corrected chi connectivity index (χ0v) is 27.6. The Morgan fingerprint density at radius 3 is 2.40 bits per heavy atom. The van der Waals surface area contributed by atoms with Crippen molar-refractivity contribution in [1.82, 2.24) is 15.3 Å². The fourth-order valence-electron chi connectivity index (χ4n) is 5.06. The molecule has 0 bridgehead atoms. The van der Waals surface area contributed by atoms with Crippen molar-refractivity contribution in [1.29, 1.82) is 0 Å². The van der Waals surface area contributed by atoms with E-state index in [2.05, 4.69) is 25.6 Å². The van der Waals surface area contributed by atoms with Crippen molar-refractivity contribution >= 4 is 80.6 Å². The maximum Gasteiger partial charge on any atom is 0.490 e. The van der Waals surface area contributed by atoms with Crippen LogP contribution in [0.25, 0.3) is 28.1 Å². The highest BCUT2D eigenvalue weighted by molar-refractivity contribution is 8.18. The fraction of sp³-hybridized carbons (Fsp3) is 0.206. The number of halogens is 4. The number of hydrogen-bond acceptors (Lipinski definition) is 8. The van der Waals surface area contributed by atoms with Gasteiger partial charge in [0.1, 0.15) is 0 Å². The standard InChI is InChI=1S/C32H26ClN5O4S.C2HF3O2/c1-2-23-28(31(41)42)27(18-10-12-34-13-11-18)21-14-17(6-9-24(21)36-23)15-26-30(40)38-32(43-26)37-25-16-20(7-8-22(25)33)35-29(39)19-4-3-5-19;3-2(4,5)1(6)7/h6-16,19H,2-5H2,1H3,(H,35,39)(H,41,42)(H,37,38,40);(H,6,7). The molecule has 4 N–H and O–H groups in total. The van der Waals surface area contributed by atoms with Gasteiger partial charge in [0.15, 0.2) is 5.17 Å². The van der Waals surface area contributed by atoms with Crippen LogP contribution in [0.2, 0.25) is 5.02 Å². The van der Waals surface area contributed by atoms with Crippen LogP contribution in [0.1, 0.15) is 47.8 Å². The maximum absolute atomic E-state index is 12.9. The molecule has 3 heterocycles. The number of carbonyl (C=O) groups is 4. The number of aliphatic carboxylic acids is 1. The number of carboxylic acids is 2. The number of rotatable bonds is 7. The number of aliphatic imine (C=N–C) groups is 1. The van der Waals surface area contributed by atoms with Crippen LogP contribution in [0, 0.1) is 5.92 Å². The number of hydrogen-bond donors (Lipinski definition) is 4. The summed E-state index contributed by atoms with van der Waals surface area (Å²) in [7, 11) is 0. The first-order valence-electron chi connectivity index (χ1n) is 15.1. The Kier molecular flexibility index (Phi) is 10.9. The number of carbonyl (C=O) groups excluding carboxylic acids is 2. The summed E-state index contributed by atoms with van der Waals surface area (Å²) in [5.41, 5.74) is 4.28. The second-order valence-electron chi connectivity index (χ2n) is 11.0. The van der Waals surface area contributed by atoms with Crippen LogP contribution in [-0.4, -0.2) is 55.3 Å². The van der Waals surface area contributed by atoms with Gasteiger partial charge in [-0.05, 0) is 90.7 Å². The van der Waals surface area contributed by atoms with Gasteiger partial charge in [-0.15, -0.1) is 0 Å². The number of alkyl halides is 3. The number of carboxylic acid groups (broad SMARTS) is 2. The molecule has 50 heavy (non-hydrogen) atoms. The summed E-state index contributed by atoms with van der Waals surface area (Å²) in [6.45, 7) is 1.87. The molecule has 2 fully saturated rings. The molecule has 0 radical (unpaired) electrons. The molecule has 2 aliphatic rings. The van der Waals surface area contributed by atoms with E-state index < -0.39 is 18.1 Å². The topological polar surface area (TPSA) is 171 Å². The molecule has 1 saturated heterocycles. The van der Waals surface area contributed by atoms with Gasteiger partial charge < -0.3 is 20.8 Å². The first kappa shape index (κ1) is 36.0. The third-order valence-corrected chi connectivity index (χ3v) is 8.93. The predicted octanol–water partition coefficient (Wildman–Crippen LogP) is 7.47. The van der Waals surface area contributed by atoms with Crippen LogP contribution in [0.3, 0.4) is 0 Å². The van der Waals surface area contributed by atoms with Crippen LogP contribution in [-0.2, 0) is 20.8 Å². The lowest BCUT2D eigenvalue weighted by atomic mass is 9.85. The Labute approximate surface area is 291 Å². The highest BCUT2D eigenvalue weighted by atomic mass is 35.5. The second kappa shape index (κ2) is 15.1. The van der Waals surface area contributed by atoms with Gasteiger partial charge in [-0.2, -0.15) is 13.2 Å². The van der Waals surface area contributed by atoms with Crippen LogP contribution >= 0.6 is 23.4 Å². The van der Waals surface area contributed by atoms with E-state index in [4.69, 9.17) is 21.5 Å². The van der Waals surface area contributed by atoms with Crippen LogP contribution < -0.4 is 10.6 Å². The summed E-state index contributed by atoms with van der Waals surface area (Å²) in [6.07, 6.45) is 3.20. The van der Waals surface area contributed by atoms with Crippen molar-refractivity contribution in [3.8, 4) is 11.1 Å². The Morgan fingerprint density at radius 1 is 1.10 bits per heavy atom. The minimum atomic E-state index is -5.08. The van der Waals surface area contributed by atoms with E-state index >= 15 is 0 Å². The number of aromatic carboxylic acids is 1. The monoisotopic (exact) mass is 725 g/mol. The molecule has 1 aliphatic heterocycles. The molecule has 2 aromatic carbocycles. The number of thioether (sulfide) groups is 1. The lowest BCUT2D eigenvalue weighted by molar-refractivity contribution is -0.192. The van der Waals surface area contributed by atoms with E-state index in [1.165, 1.54) is 0 Å². The normalized spacial score (nSPS) is 16.1. The molecule has 4 aromatic rings. The van der Waals surface area contributed by atoms with E-state index in [9.17, 15) is 32.7 Å². The zero-order valence-electron chi connectivity index (χ0n) is 26.0. The lowest BCUT2D eigenvalue weighted by Gasteiger charge is -2.24. The number of fused-ring (bicyclic) bond motifs is 1. The number of amidine groups is 1. The fourth-order valence-corrected chi connectivity index (χ4v) is 6.05. The minimum absolute atomic E-state index is 0.0139. The van der Waals surface area contributed by atoms with Crippen LogP contribution in [0.4, 0.5) is 24.5 Å². The SMILES string of the molecule is CCc1nc2ccc(C=C3SC(=Nc4cc(NC(=O)C5CCC5)ccc4Cl)NC3=O)cc2c(-c2ccncc2)c1C(=O)O.O=C(O)C(F)(F)F. The first-order chi connectivity index (χ1) is 23.7. The Bertz CT molecular complexity index is 2070. The number of benzene rings is 2. The summed E-state index contributed by atoms with van der Waals surface area (Å²) in [6, 6.07) is 14.1. The molecule has 2 aromatic heterocycles. The van der Waals surface area contributed by atoms with Gasteiger partial charge in [0, 0.05) is 34.9 Å². The van der Waals surface area contributed by atoms with E-state index in [0.29, 0.717) is 66.2 Å². The highest BCUT2D eigenvalue weighted by Crippen LogP contribution is 2.37. The van der Waals surface area contributed by atoms with Crippen molar-refractivity contribution in [3.63, 3.8) is 0 Å². The molecular formula is C34H27ClF3N5O6S. The number of anilines is 1. The van der Waals surface area contributed by atoms with Gasteiger partial charge in [-0.25, -0.2) is 14.6 Å². The highest BCUT2D eigenvalue weighted by Gasteiger charge is 2.38. The van der Waals surface area contributed by atoms with E-state index in [1.807, 2.05) is 25.1 Å². The maximum atomic E-state index is 12.9. The third kappa shape index (κ3) is 8.29. The molecule has 0 spiro atoms. The summed E-state index contributed by atoms with van der Waals surface area (Å²) >= 11 is 7.55. The van der Waals surface area contributed by atoms with Gasteiger partial charge in [-0.1, -0.05) is 31.0 Å². The number of pyridine rings is 2. The van der Waals surface area contributed by atoms with Crippen LogP contribution in [0.15, 0.2) is 70.8 Å². The van der Waals surface area contributed by atoms with Crippen LogP contribution in [0.5, 0.6) is 0 Å². The largest absolute Gasteiger partial charge is 0.490 e. The zero-order chi connectivity index (χ0) is 36.2. The third-order valence-electron chi connectivity index (χ3n) is 7.70. The van der Waals surface area contributed by atoms with Crippen molar-refractivity contribution in [2.75, 3.05) is 5.32 Å². The van der Waals surface area contributed by atoms with Crippen molar-refractivity contribution in [2.24, 2.45) is 10.9 Å². The predicted molar refractivity (Wildman–Crippen MR) is 183 cm³/mol. The summed E-state index contributed by atoms with van der Waals surface area (Å²) < 4.78 is 31.7. The average molecular weight is 726 g/mol. The lowest BCUT2D eigenvalue weighted by Crippen LogP contribution is -2.27. The molecule has 0 unspecified atom stereocenters. The Hall–Kier alpha value is -5.28. The van der Waals surface area contributed by atoms with Gasteiger partial charge in [0.2, 0.25) is 5.91 Å². The van der Waals surface area contributed by atoms with Gasteiger partial charge >= 0.3 is 18.1 Å². The molecule has 0 atom stereocenters. The molecule has 6 rings (SSSR count). The minimum Gasteiger partial charge on any atom is -0.478 e. The first-order valence-corrected chi connectivity index (χ1v) is 16.2. The molecule has 1 saturated carbocycles. The smallest absolute Gasteiger partial charge is 0.478 e. The number of nitrogens with one attached hydrogen (secondary N) is 2. The molecule has 1 aliphatic carbocycles. The summed E-state index contributed by atoms with van der Waals surface area (Å²) in [4.78, 5) is 60.2. The van der Waals surface area contributed by atoms with Gasteiger partial charge in [-0.3, -0.25) is 19.6 Å². The Balaban J connectivity index is 0.000000630. The number of aryl methyl sites for hydroxylation is 1.